The Balaban J connectivity index is 10.8. The smallest absolute Gasteiger partial charge is 0.459 e. The van der Waals surface area contributed by atoms with E-state index in [0.29, 0.717) is 0 Å². The van der Waals surface area contributed by atoms with E-state index >= 15 is 105 Å². The van der Waals surface area contributed by atoms with Gasteiger partial charge in [-0.2, -0.15) is 228 Å². The Morgan fingerprint density at radius 1 is 0.184 bits per heavy atom. The summed E-state index contributed by atoms with van der Waals surface area (Å²) < 4.78 is 779. The zero-order valence-corrected chi connectivity index (χ0v) is 52.0. The van der Waals surface area contributed by atoms with E-state index in [9.17, 15) is 123 Å². The molecule has 620 valence electrons. The minimum atomic E-state index is -9.27. The average Bonchev–Trinajstić information content (AvgIpc) is 0.729. The number of halogens is 52. The summed E-state index contributed by atoms with van der Waals surface area (Å²) in [5.74, 6) is -178. The Kier molecular flexibility index (Phi) is 29.4. The van der Waals surface area contributed by atoms with Crippen LogP contribution in [0.25, 0.3) is 0 Å². The van der Waals surface area contributed by atoms with Crippen molar-refractivity contribution in [1.29, 1.82) is 0 Å². The second-order valence-corrected chi connectivity index (χ2v) is 28.3. The molecule has 0 aliphatic heterocycles. The van der Waals surface area contributed by atoms with Gasteiger partial charge in [0.15, 0.2) is 18.1 Å². The molecule has 0 heterocycles. The maximum Gasteiger partial charge on any atom is 0.460 e. The third kappa shape index (κ3) is 17.0. The van der Waals surface area contributed by atoms with Gasteiger partial charge in [-0.1, -0.05) is 0 Å². The summed E-state index contributed by atoms with van der Waals surface area (Å²) >= 11 is 0. The number of hydrogen-bond donors (Lipinski definition) is 0. The Morgan fingerprint density at radius 2 is 0.301 bits per heavy atom. The third-order valence-corrected chi connectivity index (χ3v) is 22.3. The summed E-state index contributed by atoms with van der Waals surface area (Å²) in [5.41, 5.74) is -18.9. The molecule has 4 atom stereocenters. The molecule has 0 aromatic heterocycles. The van der Waals surface area contributed by atoms with Gasteiger partial charge in [-0.05, 0) is 27.7 Å². The van der Waals surface area contributed by atoms with E-state index in [1.54, 1.807) is 0 Å². The highest BCUT2D eigenvalue weighted by atomic mass is 28.4. The highest BCUT2D eigenvalue weighted by Crippen LogP contribution is 2.68. The number of alkyl halides is 52. The molecule has 0 saturated carbocycles. The normalized spacial score (nSPS) is 17.9. The fourth-order valence-electron chi connectivity index (χ4n) is 8.59. The van der Waals surface area contributed by atoms with Gasteiger partial charge in [0.1, 0.15) is 0 Å². The summed E-state index contributed by atoms with van der Waals surface area (Å²) in [7, 11) is -15.3. The van der Waals surface area contributed by atoms with Crippen LogP contribution in [0.3, 0.4) is 0 Å². The second kappa shape index (κ2) is 30.5. The molecule has 59 heteroatoms. The van der Waals surface area contributed by atoms with E-state index in [2.05, 4.69) is 18.9 Å². The Bertz CT molecular complexity index is 2350. The summed E-state index contributed by atoms with van der Waals surface area (Å²) in [6.07, 6.45) is -52.0. The summed E-state index contributed by atoms with van der Waals surface area (Å²) in [6, 6.07) is 0. The van der Waals surface area contributed by atoms with Gasteiger partial charge in [-0.3, -0.25) is 0 Å². The van der Waals surface area contributed by atoms with Gasteiger partial charge in [0.2, 0.25) is 0 Å². The Hall–Kier alpha value is -3.41. The summed E-state index contributed by atoms with van der Waals surface area (Å²) in [4.78, 5) is 0. The van der Waals surface area contributed by atoms with Crippen LogP contribution < -0.4 is 0 Å². The van der Waals surface area contributed by atoms with Gasteiger partial charge in [0.25, 0.3) is 0 Å². The molecule has 0 rings (SSSR count). The minimum absolute atomic E-state index is 0.215. The monoisotopic (exact) mass is 1690 g/mol. The standard InChI is InChI=1S/C44H42F52O5Si2/c1-5-97-13-17(9-21(45,46)25(53,54)29(61,62)33(69,70)37(77,78)41(85,86)87)102(18(14-98-6-2)10-22(47,48)26(55,56)30(63,64)34(71,72)38(79,80)42(88,89)90)101-103(19(15-99-7-3)11-23(49,50)27(57,58)31(65,66)35(73,74)39(81,82)43(91,92)93)20(16-100-8-4)12-24(51,52)28(59,60)32(67,68)36(75,76)40(83,84)44(94,95)96/h17-20,102-103H,5-16H2,1-4H3. The summed E-state index contributed by atoms with van der Waals surface area (Å²) in [5, 5.41) is 0. The molecule has 0 saturated heterocycles. The zero-order chi connectivity index (χ0) is 83.5. The summed E-state index contributed by atoms with van der Waals surface area (Å²) in [6.45, 7) is -18.4. The third-order valence-electron chi connectivity index (χ3n) is 14.4. The van der Waals surface area contributed by atoms with Crippen LogP contribution in [-0.2, 0) is 23.1 Å². The molecular formula is C44H42F52O5Si2. The zero-order valence-electron chi connectivity index (χ0n) is 49.6. The molecule has 0 amide bonds. The van der Waals surface area contributed by atoms with Gasteiger partial charge in [0.05, 0.1) is 0 Å². The van der Waals surface area contributed by atoms with Crippen molar-refractivity contribution < 1.29 is 251 Å². The van der Waals surface area contributed by atoms with Crippen LogP contribution in [0.1, 0.15) is 53.4 Å². The van der Waals surface area contributed by atoms with Crippen molar-refractivity contribution in [2.45, 2.75) is 219 Å². The molecule has 0 spiro atoms. The topological polar surface area (TPSA) is 46.2 Å². The van der Waals surface area contributed by atoms with Crippen molar-refractivity contribution >= 4 is 18.1 Å². The van der Waals surface area contributed by atoms with E-state index in [4.69, 9.17) is 4.12 Å². The van der Waals surface area contributed by atoms with Crippen LogP contribution >= 0.6 is 0 Å². The first kappa shape index (κ1) is 99.6. The molecule has 103 heavy (non-hydrogen) atoms. The van der Waals surface area contributed by atoms with Gasteiger partial charge in [0, 0.05) is 101 Å². The van der Waals surface area contributed by atoms with Crippen molar-refractivity contribution in [3.63, 3.8) is 0 Å². The molecule has 5 nitrogen and oxygen atoms in total. The fourth-order valence-corrected chi connectivity index (χ4v) is 18.6. The van der Waals surface area contributed by atoms with Crippen molar-refractivity contribution in [2.24, 2.45) is 0 Å². The quantitative estimate of drug-likeness (QED) is 0.0450. The van der Waals surface area contributed by atoms with Gasteiger partial charge in [-0.25, -0.2) is 0 Å². The first-order valence-corrected chi connectivity index (χ1v) is 30.1. The van der Waals surface area contributed by atoms with Crippen LogP contribution in [0.2, 0.25) is 22.2 Å². The Labute approximate surface area is 541 Å². The lowest BCUT2D eigenvalue weighted by Crippen LogP contribution is -2.70. The van der Waals surface area contributed by atoms with Crippen LogP contribution in [0.15, 0.2) is 0 Å². The Morgan fingerprint density at radius 3 is 0.408 bits per heavy atom. The second-order valence-electron chi connectivity index (χ2n) is 21.6. The maximum atomic E-state index is 16.2. The van der Waals surface area contributed by atoms with Crippen molar-refractivity contribution in [2.75, 3.05) is 52.9 Å². The lowest BCUT2D eigenvalue weighted by molar-refractivity contribution is -0.440. The molecule has 0 bridgehead atoms. The van der Waals surface area contributed by atoms with Crippen molar-refractivity contribution in [1.82, 2.24) is 0 Å². The highest BCUT2D eigenvalue weighted by molar-refractivity contribution is 6.69. The maximum absolute atomic E-state index is 16.2. The molecule has 0 aliphatic carbocycles. The predicted molar refractivity (Wildman–Crippen MR) is 238 cm³/mol. The van der Waals surface area contributed by atoms with E-state index in [1.165, 1.54) is 0 Å². The number of ether oxygens (including phenoxy) is 4. The lowest BCUT2D eigenvalue weighted by atomic mass is 9.92. The number of rotatable bonds is 42. The number of hydrogen-bond acceptors (Lipinski definition) is 5. The fraction of sp³-hybridized carbons (Fsp3) is 1.00. The molecule has 0 aromatic carbocycles. The largest absolute Gasteiger partial charge is 0.460 e. The average molecular weight is 1690 g/mol. The molecule has 0 aliphatic rings. The van der Waals surface area contributed by atoms with Crippen LogP contribution in [0.4, 0.5) is 228 Å². The predicted octanol–water partition coefficient (Wildman–Crippen LogP) is 20.6. The first-order chi connectivity index (χ1) is 44.7. The van der Waals surface area contributed by atoms with E-state index in [1.807, 2.05) is 0 Å². The molecule has 4 unspecified atom stereocenters. The SMILES string of the molecule is CCOCC(CC(F)(F)C(F)(F)C(F)(F)C(F)(F)C(F)(F)C(F)(F)F)[SiH](O[SiH](C(COCC)CC(F)(F)C(F)(F)C(F)(F)C(F)(F)C(F)(F)C(F)(F)F)C(COCC)CC(F)(F)C(F)(F)C(F)(F)C(F)(F)C(F)(F)C(F)(F)F)C(COCC)CC(F)(F)C(F)(F)C(F)(F)C(F)(F)C(F)(F)C(F)(F)F. The lowest BCUT2D eigenvalue weighted by Gasteiger charge is -2.45. The first-order valence-electron chi connectivity index (χ1n) is 26.4. The molecule has 0 fully saturated rings. The van der Waals surface area contributed by atoms with E-state index in [0.717, 1.165) is 0 Å². The van der Waals surface area contributed by atoms with Gasteiger partial charge >= 0.3 is 143 Å². The van der Waals surface area contributed by atoms with E-state index < -0.39 is 262 Å². The van der Waals surface area contributed by atoms with Crippen molar-refractivity contribution in [3.05, 3.63) is 0 Å². The molecular weight excluding hydrogens is 1650 g/mol. The van der Waals surface area contributed by atoms with E-state index in [-0.39, 0.29) is 27.7 Å². The molecule has 0 radical (unpaired) electrons. The van der Waals surface area contributed by atoms with Crippen LogP contribution in [-0.4, -0.2) is 214 Å². The van der Waals surface area contributed by atoms with Crippen molar-refractivity contribution in [3.8, 4) is 0 Å². The minimum Gasteiger partial charge on any atom is -0.459 e. The molecule has 0 N–H and O–H groups in total. The molecule has 0 aromatic rings. The van der Waals surface area contributed by atoms with Crippen LogP contribution in [0, 0.1) is 0 Å². The van der Waals surface area contributed by atoms with Gasteiger partial charge in [-0.15, -0.1) is 0 Å². The highest BCUT2D eigenvalue weighted by Gasteiger charge is 2.95. The van der Waals surface area contributed by atoms with Gasteiger partial charge < -0.3 is 23.1 Å². The van der Waals surface area contributed by atoms with Crippen LogP contribution in [0.5, 0.6) is 0 Å².